The third kappa shape index (κ3) is 6.13. The van der Waals surface area contributed by atoms with Crippen LogP contribution in [0, 0.1) is 17.8 Å². The Hall–Kier alpha value is -4.32. The zero-order valence-corrected chi connectivity index (χ0v) is 18.9. The minimum absolute atomic E-state index is 0.0236. The lowest BCUT2D eigenvalue weighted by molar-refractivity contribution is -0.116. The summed E-state index contributed by atoms with van der Waals surface area (Å²) in [6.07, 6.45) is 3.37. The maximum atomic E-state index is 12.6. The van der Waals surface area contributed by atoms with Crippen molar-refractivity contribution in [3.05, 3.63) is 89.8 Å². The van der Waals surface area contributed by atoms with E-state index in [0.29, 0.717) is 16.8 Å². The number of anilines is 1. The number of hydrogen-bond donors (Lipinski definition) is 4. The van der Waals surface area contributed by atoms with E-state index in [0.717, 1.165) is 11.1 Å². The number of benzene rings is 1. The van der Waals surface area contributed by atoms with Gasteiger partial charge in [0.2, 0.25) is 5.91 Å². The van der Waals surface area contributed by atoms with Gasteiger partial charge in [-0.15, -0.1) is 0 Å². The van der Waals surface area contributed by atoms with E-state index in [2.05, 4.69) is 33.7 Å². The monoisotopic (exact) mass is 455 g/mol. The average Bonchev–Trinajstić information content (AvgIpc) is 2.86. The second-order valence-electron chi connectivity index (χ2n) is 7.83. The SMILES string of the molecule is C=C(C(C)C)C(N)C(=O)Nc1cc(C(=O)NO)cc(-c2ccc(C#Cc3cccnc3)cc2)n1. The molecule has 0 saturated carbocycles. The molecule has 2 amide bonds. The topological polar surface area (TPSA) is 130 Å². The number of nitrogens with zero attached hydrogens (tertiary/aromatic N) is 2. The van der Waals surface area contributed by atoms with Gasteiger partial charge in [0, 0.05) is 34.6 Å². The summed E-state index contributed by atoms with van der Waals surface area (Å²) in [6, 6.07) is 12.8. The van der Waals surface area contributed by atoms with Gasteiger partial charge in [-0.05, 0) is 47.9 Å². The number of hydrogen-bond acceptors (Lipinski definition) is 6. The molecule has 1 atom stereocenters. The molecule has 3 aromatic rings. The third-order valence-electron chi connectivity index (χ3n) is 5.06. The fourth-order valence-corrected chi connectivity index (χ4v) is 2.97. The number of nitrogens with two attached hydrogens (primary N) is 1. The van der Waals surface area contributed by atoms with Gasteiger partial charge < -0.3 is 11.1 Å². The molecule has 0 radical (unpaired) electrons. The highest BCUT2D eigenvalue weighted by molar-refractivity contribution is 5.99. The van der Waals surface area contributed by atoms with E-state index in [4.69, 9.17) is 10.9 Å². The van der Waals surface area contributed by atoms with Crippen LogP contribution in [0.4, 0.5) is 5.82 Å². The predicted octanol–water partition coefficient (Wildman–Crippen LogP) is 3.14. The van der Waals surface area contributed by atoms with Crippen molar-refractivity contribution in [2.24, 2.45) is 11.7 Å². The first kappa shape index (κ1) is 24.3. The Morgan fingerprint density at radius 2 is 1.79 bits per heavy atom. The smallest absolute Gasteiger partial charge is 0.274 e. The van der Waals surface area contributed by atoms with E-state index < -0.39 is 17.9 Å². The van der Waals surface area contributed by atoms with E-state index in [1.54, 1.807) is 30.0 Å². The lowest BCUT2D eigenvalue weighted by Crippen LogP contribution is -2.38. The Kier molecular flexibility index (Phi) is 7.88. The van der Waals surface area contributed by atoms with E-state index in [-0.39, 0.29) is 17.3 Å². The Morgan fingerprint density at radius 3 is 2.41 bits per heavy atom. The molecule has 0 bridgehead atoms. The Labute approximate surface area is 197 Å². The molecule has 34 heavy (non-hydrogen) atoms. The maximum absolute atomic E-state index is 12.6. The van der Waals surface area contributed by atoms with Gasteiger partial charge >= 0.3 is 0 Å². The van der Waals surface area contributed by atoms with Crippen molar-refractivity contribution in [2.75, 3.05) is 5.32 Å². The average molecular weight is 456 g/mol. The van der Waals surface area contributed by atoms with Crippen LogP contribution < -0.4 is 16.5 Å². The lowest BCUT2D eigenvalue weighted by Gasteiger charge is -2.18. The molecule has 0 aliphatic heterocycles. The van der Waals surface area contributed by atoms with E-state index in [9.17, 15) is 9.59 Å². The molecule has 172 valence electrons. The molecule has 0 fully saturated rings. The molecule has 1 unspecified atom stereocenters. The van der Waals surface area contributed by atoms with Gasteiger partial charge in [-0.3, -0.25) is 19.8 Å². The van der Waals surface area contributed by atoms with E-state index in [1.165, 1.54) is 12.1 Å². The number of carbonyl (C=O) groups excluding carboxylic acids is 2. The first-order chi connectivity index (χ1) is 16.3. The van der Waals surface area contributed by atoms with Crippen LogP contribution in [0.3, 0.4) is 0 Å². The second-order valence-corrected chi connectivity index (χ2v) is 7.83. The highest BCUT2D eigenvalue weighted by atomic mass is 16.5. The molecular weight excluding hydrogens is 430 g/mol. The summed E-state index contributed by atoms with van der Waals surface area (Å²) in [7, 11) is 0. The molecule has 5 N–H and O–H groups in total. The van der Waals surface area contributed by atoms with Crippen LogP contribution in [-0.4, -0.2) is 33.0 Å². The van der Waals surface area contributed by atoms with Gasteiger partial charge in [0.25, 0.3) is 5.91 Å². The molecule has 2 heterocycles. The fourth-order valence-electron chi connectivity index (χ4n) is 2.97. The maximum Gasteiger partial charge on any atom is 0.274 e. The van der Waals surface area contributed by atoms with Crippen molar-refractivity contribution < 1.29 is 14.8 Å². The van der Waals surface area contributed by atoms with Crippen molar-refractivity contribution in [2.45, 2.75) is 19.9 Å². The fraction of sp³-hybridized carbons (Fsp3) is 0.154. The molecule has 8 heteroatoms. The van der Waals surface area contributed by atoms with Crippen molar-refractivity contribution in [3.8, 4) is 23.1 Å². The summed E-state index contributed by atoms with van der Waals surface area (Å²) < 4.78 is 0. The molecule has 3 rings (SSSR count). The number of carbonyl (C=O) groups is 2. The van der Waals surface area contributed by atoms with Gasteiger partial charge in [-0.1, -0.05) is 44.4 Å². The highest BCUT2D eigenvalue weighted by Crippen LogP contribution is 2.22. The molecule has 2 aromatic heterocycles. The van der Waals surface area contributed by atoms with Crippen LogP contribution in [0.5, 0.6) is 0 Å². The number of rotatable bonds is 6. The van der Waals surface area contributed by atoms with E-state index in [1.807, 2.05) is 38.1 Å². The quantitative estimate of drug-likeness (QED) is 0.196. The summed E-state index contributed by atoms with van der Waals surface area (Å²) in [5, 5.41) is 11.7. The zero-order valence-electron chi connectivity index (χ0n) is 18.9. The normalized spacial score (nSPS) is 11.2. The Morgan fingerprint density at radius 1 is 1.09 bits per heavy atom. The number of pyridine rings is 2. The summed E-state index contributed by atoms with van der Waals surface area (Å²) in [5.74, 6) is 5.00. The van der Waals surface area contributed by atoms with Crippen LogP contribution in [-0.2, 0) is 4.79 Å². The van der Waals surface area contributed by atoms with Gasteiger partial charge in [0.1, 0.15) is 11.9 Å². The van der Waals surface area contributed by atoms with Gasteiger partial charge in [-0.25, -0.2) is 10.5 Å². The van der Waals surface area contributed by atoms with Crippen LogP contribution in [0.1, 0.15) is 35.3 Å². The summed E-state index contributed by atoms with van der Waals surface area (Å²) in [4.78, 5) is 33.1. The van der Waals surface area contributed by atoms with Crippen molar-refractivity contribution in [1.29, 1.82) is 0 Å². The molecule has 0 spiro atoms. The van der Waals surface area contributed by atoms with Crippen molar-refractivity contribution >= 4 is 17.6 Å². The standard InChI is InChI=1S/C26H25N5O3/c1-16(2)17(3)24(27)26(33)30-23-14-21(25(32)31-34)13-22(29-23)20-10-8-18(9-11-20)6-7-19-5-4-12-28-15-19/h4-5,8-16,24,34H,3,27H2,1-2H3,(H,31,32)(H,29,30,33). The number of aromatic nitrogens is 2. The molecule has 0 aliphatic carbocycles. The first-order valence-electron chi connectivity index (χ1n) is 10.5. The molecule has 0 aliphatic rings. The number of hydroxylamine groups is 1. The van der Waals surface area contributed by atoms with Crippen LogP contribution in [0.25, 0.3) is 11.3 Å². The third-order valence-corrected chi connectivity index (χ3v) is 5.06. The predicted molar refractivity (Wildman–Crippen MR) is 130 cm³/mol. The minimum Gasteiger partial charge on any atom is -0.316 e. The number of amides is 2. The van der Waals surface area contributed by atoms with Crippen molar-refractivity contribution in [1.82, 2.24) is 15.4 Å². The van der Waals surface area contributed by atoms with Crippen LogP contribution >= 0.6 is 0 Å². The highest BCUT2D eigenvalue weighted by Gasteiger charge is 2.20. The lowest BCUT2D eigenvalue weighted by atomic mass is 9.97. The molecule has 1 aromatic carbocycles. The number of nitrogens with one attached hydrogen (secondary N) is 2. The molecular formula is C26H25N5O3. The van der Waals surface area contributed by atoms with Gasteiger partial charge in [0.15, 0.2) is 0 Å². The zero-order chi connectivity index (χ0) is 24.7. The first-order valence-corrected chi connectivity index (χ1v) is 10.5. The van der Waals surface area contributed by atoms with Crippen LogP contribution in [0.15, 0.2) is 73.1 Å². The van der Waals surface area contributed by atoms with Gasteiger partial charge in [0.05, 0.1) is 5.69 Å². The summed E-state index contributed by atoms with van der Waals surface area (Å²) in [6.45, 7) is 7.65. The van der Waals surface area contributed by atoms with E-state index >= 15 is 0 Å². The Bertz CT molecular complexity index is 1260. The molecule has 8 nitrogen and oxygen atoms in total. The summed E-state index contributed by atoms with van der Waals surface area (Å²) in [5.41, 5.74) is 11.0. The molecule has 0 saturated heterocycles. The minimum atomic E-state index is -0.932. The Balaban J connectivity index is 1.89. The van der Waals surface area contributed by atoms with Crippen LogP contribution in [0.2, 0.25) is 0 Å². The van der Waals surface area contributed by atoms with Crippen molar-refractivity contribution in [3.63, 3.8) is 0 Å². The van der Waals surface area contributed by atoms with Gasteiger partial charge in [-0.2, -0.15) is 0 Å². The summed E-state index contributed by atoms with van der Waals surface area (Å²) >= 11 is 0. The largest absolute Gasteiger partial charge is 0.316 e. The second kappa shape index (κ2) is 11.0.